The van der Waals surface area contributed by atoms with Gasteiger partial charge in [-0.25, -0.2) is 4.39 Å². The van der Waals surface area contributed by atoms with E-state index in [2.05, 4.69) is 20.4 Å². The van der Waals surface area contributed by atoms with Crippen LogP contribution in [0.5, 0.6) is 11.6 Å². The van der Waals surface area contributed by atoms with Crippen molar-refractivity contribution < 1.29 is 13.9 Å². The van der Waals surface area contributed by atoms with Gasteiger partial charge in [-0.05, 0) is 50.6 Å². The predicted octanol–water partition coefficient (Wildman–Crippen LogP) is 2.36. The minimum absolute atomic E-state index is 0.00398. The monoisotopic (exact) mass is 465 g/mol. The van der Waals surface area contributed by atoms with Gasteiger partial charge in [0.05, 0.1) is 11.2 Å². The lowest BCUT2D eigenvalue weighted by Gasteiger charge is -2.34. The number of aromatic nitrogens is 3. The van der Waals surface area contributed by atoms with E-state index in [1.54, 1.807) is 16.7 Å². The molecule has 1 fully saturated rings. The van der Waals surface area contributed by atoms with Gasteiger partial charge in [-0.2, -0.15) is 5.10 Å². The smallest absolute Gasteiger partial charge is 0.276 e. The number of piperidine rings is 1. The third-order valence-corrected chi connectivity index (χ3v) is 7.27. The van der Waals surface area contributed by atoms with E-state index in [9.17, 15) is 4.79 Å². The minimum atomic E-state index is -0.191. The summed E-state index contributed by atoms with van der Waals surface area (Å²) in [5.41, 5.74) is 3.15. The number of nitrogens with zero attached hydrogens (tertiary/aromatic N) is 4. The van der Waals surface area contributed by atoms with Crippen LogP contribution in [0.3, 0.4) is 0 Å². The van der Waals surface area contributed by atoms with Crippen molar-refractivity contribution in [3.8, 4) is 11.6 Å². The number of nitrogens with one attached hydrogen (secondary N) is 1. The normalized spacial score (nSPS) is 20.2. The fraction of sp³-hybridized carbons (Fsp3) is 0.480. The number of rotatable bonds is 5. The van der Waals surface area contributed by atoms with Gasteiger partial charge in [0.1, 0.15) is 19.0 Å². The lowest BCUT2D eigenvalue weighted by molar-refractivity contribution is 0.161. The standard InChI is InChI=1S/C25H28FN5O3/c1-15-10-20(26)23-16(14-31-22(32)3-2-19(15)24(23)31)13-30-6-4-17(5-7-30)27-12-18-11-21-25(29-28-18)34-9-8-33-21/h2-3,10-11,16-17,27H,4-9,12-14H2,1H3/t16-/m1/s1. The van der Waals surface area contributed by atoms with Crippen LogP contribution in [0.15, 0.2) is 29.1 Å². The van der Waals surface area contributed by atoms with Crippen molar-refractivity contribution in [2.24, 2.45) is 0 Å². The Hall–Kier alpha value is -3.04. The summed E-state index contributed by atoms with van der Waals surface area (Å²) in [4.78, 5) is 14.9. The Balaban J connectivity index is 1.07. The van der Waals surface area contributed by atoms with Crippen LogP contribution in [0.2, 0.25) is 0 Å². The molecule has 0 spiro atoms. The highest BCUT2D eigenvalue weighted by molar-refractivity contribution is 5.87. The van der Waals surface area contributed by atoms with Gasteiger partial charge in [-0.3, -0.25) is 4.79 Å². The van der Waals surface area contributed by atoms with Crippen molar-refractivity contribution in [2.45, 2.75) is 44.8 Å². The molecule has 1 saturated heterocycles. The molecule has 6 rings (SSSR count). The number of pyridine rings is 1. The molecule has 3 aliphatic heterocycles. The summed E-state index contributed by atoms with van der Waals surface area (Å²) in [5, 5.41) is 12.9. The van der Waals surface area contributed by atoms with Gasteiger partial charge in [0.2, 0.25) is 0 Å². The van der Waals surface area contributed by atoms with Gasteiger partial charge in [0.15, 0.2) is 5.75 Å². The second-order valence-corrected chi connectivity index (χ2v) is 9.49. The third kappa shape index (κ3) is 3.82. The third-order valence-electron chi connectivity index (χ3n) is 7.27. The van der Waals surface area contributed by atoms with Crippen LogP contribution in [0, 0.1) is 12.7 Å². The zero-order chi connectivity index (χ0) is 23.2. The first-order valence-electron chi connectivity index (χ1n) is 12.0. The average molecular weight is 466 g/mol. The van der Waals surface area contributed by atoms with E-state index in [4.69, 9.17) is 9.47 Å². The number of aryl methyl sites for hydroxylation is 1. The average Bonchev–Trinajstić information content (AvgIpc) is 3.23. The van der Waals surface area contributed by atoms with E-state index in [0.29, 0.717) is 49.5 Å². The molecule has 0 unspecified atom stereocenters. The molecule has 3 aliphatic rings. The van der Waals surface area contributed by atoms with Crippen molar-refractivity contribution in [3.63, 3.8) is 0 Å². The van der Waals surface area contributed by atoms with E-state index in [0.717, 1.165) is 54.6 Å². The minimum Gasteiger partial charge on any atom is -0.484 e. The lowest BCUT2D eigenvalue weighted by atomic mass is 9.95. The SMILES string of the molecule is Cc1cc(F)c2c3c1ccc(=O)n3C[C@H]2CN1CCC(NCc2cc3c(nn2)OCCO3)CC1. The maximum Gasteiger partial charge on any atom is 0.276 e. The van der Waals surface area contributed by atoms with E-state index >= 15 is 4.39 Å². The van der Waals surface area contributed by atoms with Crippen molar-refractivity contribution in [3.05, 3.63) is 57.3 Å². The van der Waals surface area contributed by atoms with E-state index in [1.807, 2.05) is 19.1 Å². The summed E-state index contributed by atoms with van der Waals surface area (Å²) >= 11 is 0. The summed E-state index contributed by atoms with van der Waals surface area (Å²) in [5.74, 6) is 0.920. The molecular weight excluding hydrogens is 437 g/mol. The van der Waals surface area contributed by atoms with Crippen LogP contribution in [0.25, 0.3) is 10.9 Å². The first-order chi connectivity index (χ1) is 16.6. The highest BCUT2D eigenvalue weighted by atomic mass is 19.1. The van der Waals surface area contributed by atoms with Crippen molar-refractivity contribution in [1.29, 1.82) is 0 Å². The number of hydrogen-bond acceptors (Lipinski definition) is 7. The van der Waals surface area contributed by atoms with Gasteiger partial charge in [-0.1, -0.05) is 0 Å². The maximum absolute atomic E-state index is 15.0. The highest BCUT2D eigenvalue weighted by Crippen LogP contribution is 2.37. The Labute approximate surface area is 196 Å². The van der Waals surface area contributed by atoms with Gasteiger partial charge in [-0.15, -0.1) is 5.10 Å². The Bertz CT molecular complexity index is 1300. The van der Waals surface area contributed by atoms with Crippen LogP contribution < -0.4 is 20.3 Å². The Kier molecular flexibility index (Phi) is 5.45. The van der Waals surface area contributed by atoms with Crippen LogP contribution in [-0.4, -0.2) is 58.6 Å². The Morgan fingerprint density at radius 2 is 1.97 bits per heavy atom. The summed E-state index contributed by atoms with van der Waals surface area (Å²) in [6.45, 7) is 6.74. The van der Waals surface area contributed by atoms with Crippen LogP contribution in [0.1, 0.15) is 35.6 Å². The fourth-order valence-corrected chi connectivity index (χ4v) is 5.54. The number of ether oxygens (including phenoxy) is 2. The van der Waals surface area contributed by atoms with Crippen LogP contribution in [0.4, 0.5) is 4.39 Å². The maximum atomic E-state index is 15.0. The molecule has 2 aromatic heterocycles. The number of fused-ring (bicyclic) bond motifs is 1. The molecule has 8 nitrogen and oxygen atoms in total. The van der Waals surface area contributed by atoms with Gasteiger partial charge < -0.3 is 24.3 Å². The van der Waals surface area contributed by atoms with Gasteiger partial charge in [0, 0.05) is 54.7 Å². The predicted molar refractivity (Wildman–Crippen MR) is 125 cm³/mol. The van der Waals surface area contributed by atoms with Crippen LogP contribution >= 0.6 is 0 Å². The lowest BCUT2D eigenvalue weighted by Crippen LogP contribution is -2.43. The zero-order valence-electron chi connectivity index (χ0n) is 19.2. The Morgan fingerprint density at radius 1 is 1.15 bits per heavy atom. The molecule has 1 N–H and O–H groups in total. The summed E-state index contributed by atoms with van der Waals surface area (Å²) < 4.78 is 27.8. The molecule has 1 atom stereocenters. The van der Waals surface area contributed by atoms with Crippen molar-refractivity contribution >= 4 is 10.9 Å². The van der Waals surface area contributed by atoms with Crippen molar-refractivity contribution in [1.82, 2.24) is 25.0 Å². The fourth-order valence-electron chi connectivity index (χ4n) is 5.54. The molecule has 0 bridgehead atoms. The molecule has 0 aliphatic carbocycles. The molecule has 0 saturated carbocycles. The molecule has 34 heavy (non-hydrogen) atoms. The zero-order valence-corrected chi connectivity index (χ0v) is 19.2. The molecule has 9 heteroatoms. The topological polar surface area (TPSA) is 81.5 Å². The number of likely N-dealkylation sites (tertiary alicyclic amines) is 1. The molecule has 5 heterocycles. The molecule has 0 amide bonds. The molecular formula is C25H28FN5O3. The first-order valence-corrected chi connectivity index (χ1v) is 12.0. The molecule has 0 radical (unpaired) electrons. The Morgan fingerprint density at radius 3 is 2.82 bits per heavy atom. The quantitative estimate of drug-likeness (QED) is 0.620. The highest BCUT2D eigenvalue weighted by Gasteiger charge is 2.31. The van der Waals surface area contributed by atoms with E-state index < -0.39 is 0 Å². The van der Waals surface area contributed by atoms with E-state index in [1.165, 1.54) is 0 Å². The van der Waals surface area contributed by atoms with Crippen molar-refractivity contribution in [2.75, 3.05) is 32.8 Å². The number of hydrogen-bond donors (Lipinski definition) is 1. The second-order valence-electron chi connectivity index (χ2n) is 9.49. The first kappa shape index (κ1) is 21.5. The summed E-state index contributed by atoms with van der Waals surface area (Å²) in [7, 11) is 0. The number of benzene rings is 1. The van der Waals surface area contributed by atoms with E-state index in [-0.39, 0.29) is 17.3 Å². The van der Waals surface area contributed by atoms with Gasteiger partial charge >= 0.3 is 0 Å². The second kappa shape index (κ2) is 8.63. The summed E-state index contributed by atoms with van der Waals surface area (Å²) in [6, 6.07) is 7.32. The molecule has 3 aromatic rings. The van der Waals surface area contributed by atoms with Gasteiger partial charge in [0.25, 0.3) is 11.4 Å². The largest absolute Gasteiger partial charge is 0.484 e. The molecule has 178 valence electrons. The molecule has 1 aromatic carbocycles. The number of halogens is 1. The summed E-state index contributed by atoms with van der Waals surface area (Å²) in [6.07, 6.45) is 2.01. The van der Waals surface area contributed by atoms with Crippen LogP contribution in [-0.2, 0) is 13.1 Å².